The molecule has 0 unspecified atom stereocenters. The van der Waals surface area contributed by atoms with Gasteiger partial charge in [0.15, 0.2) is 16.1 Å². The highest BCUT2D eigenvalue weighted by molar-refractivity contribution is 7.80. The molecular formula is C10H14ClN5S. The topological polar surface area (TPSA) is 67.1 Å². The van der Waals surface area contributed by atoms with Crippen LogP contribution in [0.5, 0.6) is 0 Å². The molecular weight excluding hydrogens is 258 g/mol. The molecule has 1 fully saturated rings. The molecule has 0 atom stereocenters. The minimum Gasteiger partial charge on any atom is -0.314 e. The smallest absolute Gasteiger partial charge is 0.189 e. The minimum atomic E-state index is 0.358. The van der Waals surface area contributed by atoms with Crippen molar-refractivity contribution in [2.45, 2.75) is 32.7 Å². The number of nitrogens with one attached hydrogen (secondary N) is 1. The minimum absolute atomic E-state index is 0.358. The third-order valence-corrected chi connectivity index (χ3v) is 3.54. The molecule has 1 aliphatic rings. The monoisotopic (exact) mass is 271 g/mol. The predicted molar refractivity (Wildman–Crippen MR) is 71.8 cm³/mol. The van der Waals surface area contributed by atoms with Crippen LogP contribution in [0.4, 0.5) is 5.82 Å². The van der Waals surface area contributed by atoms with Crippen molar-refractivity contribution in [2.24, 2.45) is 5.84 Å². The van der Waals surface area contributed by atoms with Crippen LogP contribution in [0.1, 0.15) is 24.0 Å². The Bertz CT molecular complexity index is 460. The van der Waals surface area contributed by atoms with Gasteiger partial charge in [-0.3, -0.25) is 5.01 Å². The van der Waals surface area contributed by atoms with E-state index < -0.39 is 0 Å². The van der Waals surface area contributed by atoms with Gasteiger partial charge in [0.05, 0.1) is 0 Å². The number of hydrazine groups is 1. The van der Waals surface area contributed by atoms with E-state index in [1.54, 1.807) is 5.01 Å². The number of thiocarbonyl (C=S) groups is 1. The van der Waals surface area contributed by atoms with Gasteiger partial charge in [-0.15, -0.1) is 10.2 Å². The maximum absolute atomic E-state index is 5.88. The standard InChI is InChI=1S/C10H14ClN5S/c1-5-6(2)9(15-14-8(5)11)13-10(17)16(12)7-3-4-7/h7H,3-4,12H2,1-2H3,(H,13,15,17). The van der Waals surface area contributed by atoms with Crippen LogP contribution < -0.4 is 11.2 Å². The Hall–Kier alpha value is -0.980. The summed E-state index contributed by atoms with van der Waals surface area (Å²) in [5.74, 6) is 6.45. The van der Waals surface area contributed by atoms with Crippen LogP contribution in [0.25, 0.3) is 0 Å². The van der Waals surface area contributed by atoms with E-state index >= 15 is 0 Å². The summed E-state index contributed by atoms with van der Waals surface area (Å²) < 4.78 is 0. The lowest BCUT2D eigenvalue weighted by molar-refractivity contribution is 0.437. The number of hydrogen-bond donors (Lipinski definition) is 2. The Kier molecular flexibility index (Phi) is 3.46. The molecule has 17 heavy (non-hydrogen) atoms. The van der Waals surface area contributed by atoms with Crippen LogP contribution in [-0.4, -0.2) is 26.4 Å². The van der Waals surface area contributed by atoms with Gasteiger partial charge in [-0.2, -0.15) is 0 Å². The van der Waals surface area contributed by atoms with Crippen LogP contribution in [0, 0.1) is 13.8 Å². The summed E-state index contributed by atoms with van der Waals surface area (Å²) in [5.41, 5.74) is 1.82. The van der Waals surface area contributed by atoms with Gasteiger partial charge >= 0.3 is 0 Å². The summed E-state index contributed by atoms with van der Waals surface area (Å²) in [7, 11) is 0. The first-order valence-corrected chi connectivity index (χ1v) is 6.13. The van der Waals surface area contributed by atoms with E-state index in [4.69, 9.17) is 29.7 Å². The summed E-state index contributed by atoms with van der Waals surface area (Å²) in [4.78, 5) is 0. The molecule has 0 aromatic carbocycles. The molecule has 0 amide bonds. The first-order chi connectivity index (χ1) is 8.00. The average Bonchev–Trinajstić information content (AvgIpc) is 3.13. The average molecular weight is 272 g/mol. The predicted octanol–water partition coefficient (Wildman–Crippen LogP) is 1.78. The normalized spacial score (nSPS) is 14.6. The van der Waals surface area contributed by atoms with Gasteiger partial charge in [-0.1, -0.05) is 11.6 Å². The second-order valence-electron chi connectivity index (χ2n) is 4.16. The highest BCUT2D eigenvalue weighted by Crippen LogP contribution is 2.25. The van der Waals surface area contributed by atoms with Crippen LogP contribution in [0.2, 0.25) is 5.15 Å². The number of rotatable bonds is 2. The maximum Gasteiger partial charge on any atom is 0.189 e. The summed E-state index contributed by atoms with van der Waals surface area (Å²) in [6.45, 7) is 3.81. The quantitative estimate of drug-likeness (QED) is 0.486. The summed E-state index contributed by atoms with van der Waals surface area (Å²) in [5, 5.41) is 13.3. The number of anilines is 1. The maximum atomic E-state index is 5.88. The second kappa shape index (κ2) is 4.72. The molecule has 0 aliphatic heterocycles. The fraction of sp³-hybridized carbons (Fsp3) is 0.500. The van der Waals surface area contributed by atoms with Gasteiger partial charge in [0.1, 0.15) is 0 Å². The zero-order chi connectivity index (χ0) is 12.6. The molecule has 0 spiro atoms. The van der Waals surface area contributed by atoms with Crippen LogP contribution in [0.3, 0.4) is 0 Å². The Morgan fingerprint density at radius 1 is 1.41 bits per heavy atom. The number of aromatic nitrogens is 2. The molecule has 7 heteroatoms. The highest BCUT2D eigenvalue weighted by Gasteiger charge is 2.29. The molecule has 0 radical (unpaired) electrons. The van der Waals surface area contributed by atoms with Crippen molar-refractivity contribution in [2.75, 3.05) is 5.32 Å². The zero-order valence-corrected chi connectivity index (χ0v) is 11.3. The Morgan fingerprint density at radius 3 is 2.65 bits per heavy atom. The van der Waals surface area contributed by atoms with Gasteiger partial charge in [0.25, 0.3) is 0 Å². The van der Waals surface area contributed by atoms with Gasteiger partial charge in [0, 0.05) is 6.04 Å². The largest absolute Gasteiger partial charge is 0.314 e. The van der Waals surface area contributed by atoms with Crippen LogP contribution in [-0.2, 0) is 0 Å². The van der Waals surface area contributed by atoms with Crippen molar-refractivity contribution in [3.63, 3.8) is 0 Å². The van der Waals surface area contributed by atoms with Crippen molar-refractivity contribution < 1.29 is 0 Å². The van der Waals surface area contributed by atoms with Crippen molar-refractivity contribution in [1.82, 2.24) is 15.2 Å². The van der Waals surface area contributed by atoms with E-state index in [1.165, 1.54) is 0 Å². The Labute approximate surface area is 110 Å². The summed E-state index contributed by atoms with van der Waals surface area (Å²) >= 11 is 11.1. The molecule has 1 saturated carbocycles. The number of nitrogens with zero attached hydrogens (tertiary/aromatic N) is 3. The third-order valence-electron chi connectivity index (χ3n) is 2.87. The van der Waals surface area contributed by atoms with E-state index in [0.717, 1.165) is 24.0 Å². The first kappa shape index (κ1) is 12.5. The molecule has 5 nitrogen and oxygen atoms in total. The molecule has 92 valence electrons. The molecule has 0 saturated heterocycles. The molecule has 1 aromatic heterocycles. The molecule has 3 N–H and O–H groups in total. The number of halogens is 1. The second-order valence-corrected chi connectivity index (χ2v) is 4.90. The van der Waals surface area contributed by atoms with Crippen molar-refractivity contribution in [3.05, 3.63) is 16.3 Å². The van der Waals surface area contributed by atoms with Gasteiger partial charge < -0.3 is 5.32 Å². The SMILES string of the molecule is Cc1c(Cl)nnc(NC(=S)N(N)C2CC2)c1C. The Balaban J connectivity index is 2.13. The van der Waals surface area contributed by atoms with Crippen LogP contribution in [0.15, 0.2) is 0 Å². The van der Waals surface area contributed by atoms with Gasteiger partial charge in [-0.05, 0) is 50.0 Å². The fourth-order valence-corrected chi connectivity index (χ4v) is 1.80. The lowest BCUT2D eigenvalue weighted by Gasteiger charge is -2.20. The van der Waals surface area contributed by atoms with E-state index in [2.05, 4.69) is 15.5 Å². The van der Waals surface area contributed by atoms with Crippen molar-refractivity contribution in [3.8, 4) is 0 Å². The molecule has 1 aromatic rings. The van der Waals surface area contributed by atoms with Crippen molar-refractivity contribution in [1.29, 1.82) is 0 Å². The van der Waals surface area contributed by atoms with E-state index in [9.17, 15) is 0 Å². The van der Waals surface area contributed by atoms with Gasteiger partial charge in [-0.25, -0.2) is 5.84 Å². The summed E-state index contributed by atoms with van der Waals surface area (Å²) in [6.07, 6.45) is 2.17. The number of hydrogen-bond acceptors (Lipinski definition) is 4. The van der Waals surface area contributed by atoms with Crippen LogP contribution >= 0.6 is 23.8 Å². The Morgan fingerprint density at radius 2 is 2.06 bits per heavy atom. The number of nitrogens with two attached hydrogens (primary N) is 1. The molecule has 0 bridgehead atoms. The third kappa shape index (κ3) is 2.65. The van der Waals surface area contributed by atoms with E-state index in [-0.39, 0.29) is 0 Å². The molecule has 2 rings (SSSR count). The van der Waals surface area contributed by atoms with E-state index in [1.807, 2.05) is 13.8 Å². The van der Waals surface area contributed by atoms with Gasteiger partial charge in [0.2, 0.25) is 0 Å². The molecule has 1 aliphatic carbocycles. The zero-order valence-electron chi connectivity index (χ0n) is 9.70. The molecule has 1 heterocycles. The lowest BCUT2D eigenvalue weighted by atomic mass is 10.2. The van der Waals surface area contributed by atoms with E-state index in [0.29, 0.717) is 22.1 Å². The highest BCUT2D eigenvalue weighted by atomic mass is 35.5. The fourth-order valence-electron chi connectivity index (χ4n) is 1.38. The summed E-state index contributed by atoms with van der Waals surface area (Å²) in [6, 6.07) is 0.358. The lowest BCUT2D eigenvalue weighted by Crippen LogP contribution is -2.42. The van der Waals surface area contributed by atoms with Crippen molar-refractivity contribution >= 4 is 34.7 Å². The first-order valence-electron chi connectivity index (χ1n) is 5.35.